The van der Waals surface area contributed by atoms with Crippen molar-refractivity contribution < 1.29 is 31.9 Å². The zero-order valence-corrected chi connectivity index (χ0v) is 22.9. The van der Waals surface area contributed by atoms with Gasteiger partial charge >= 0.3 is 11.0 Å². The number of carbonyl (C=O) groups is 3. The average Bonchev–Trinajstić information content (AvgIpc) is 3.40. The molecule has 214 valence electrons. The van der Waals surface area contributed by atoms with Crippen molar-refractivity contribution in [1.82, 2.24) is 4.57 Å². The maximum atomic E-state index is 13.8. The molecule has 2 aliphatic rings. The second kappa shape index (κ2) is 10.6. The molecule has 0 radical (unpaired) electrons. The first-order chi connectivity index (χ1) is 20.0. The molecule has 4 aromatic rings. The van der Waals surface area contributed by atoms with Crippen LogP contribution in [0, 0.1) is 11.7 Å². The summed E-state index contributed by atoms with van der Waals surface area (Å²) in [5.41, 5.74) is -0.619. The molecule has 2 unspecified atom stereocenters. The molecule has 2 aliphatic heterocycles. The van der Waals surface area contributed by atoms with Crippen molar-refractivity contribution in [3.8, 4) is 0 Å². The van der Waals surface area contributed by atoms with E-state index in [0.717, 1.165) is 44.7 Å². The van der Waals surface area contributed by atoms with Gasteiger partial charge in [-0.3, -0.25) is 23.7 Å². The number of aromatic nitrogens is 1. The van der Waals surface area contributed by atoms with Crippen LogP contribution in [0.5, 0.6) is 0 Å². The molecule has 3 atom stereocenters. The van der Waals surface area contributed by atoms with Crippen molar-refractivity contribution in [1.29, 1.82) is 0 Å². The molecule has 0 aliphatic carbocycles. The SMILES string of the molecule is O=C(Cn1c2c(sc1=O)[C@H](c1ccc(F)cc1)C1C(=O)N(c3ccccc3)C(=O)C1S2)Nc1ccccc1C(F)(F)F. The minimum Gasteiger partial charge on any atom is -0.324 e. The van der Waals surface area contributed by atoms with E-state index in [1.165, 1.54) is 36.4 Å². The van der Waals surface area contributed by atoms with Gasteiger partial charge in [0, 0.05) is 10.8 Å². The Morgan fingerprint density at radius 1 is 0.881 bits per heavy atom. The highest BCUT2D eigenvalue weighted by Crippen LogP contribution is 2.53. The van der Waals surface area contributed by atoms with Gasteiger partial charge in [-0.05, 0) is 42.0 Å². The number of anilines is 2. The Balaban J connectivity index is 1.40. The van der Waals surface area contributed by atoms with Gasteiger partial charge in [-0.1, -0.05) is 65.6 Å². The highest BCUT2D eigenvalue weighted by molar-refractivity contribution is 8.00. The monoisotopic (exact) mass is 613 g/mol. The van der Waals surface area contributed by atoms with Gasteiger partial charge in [0.2, 0.25) is 17.7 Å². The summed E-state index contributed by atoms with van der Waals surface area (Å²) < 4.78 is 55.3. The number of benzene rings is 3. The molecule has 0 bridgehead atoms. The topological polar surface area (TPSA) is 88.5 Å². The van der Waals surface area contributed by atoms with Crippen molar-refractivity contribution in [2.75, 3.05) is 10.2 Å². The predicted molar refractivity (Wildman–Crippen MR) is 149 cm³/mol. The fourth-order valence-electron chi connectivity index (χ4n) is 5.29. The maximum absolute atomic E-state index is 13.8. The lowest BCUT2D eigenvalue weighted by Crippen LogP contribution is -2.33. The van der Waals surface area contributed by atoms with Crippen LogP contribution in [-0.4, -0.2) is 27.5 Å². The number of carbonyl (C=O) groups excluding carboxylic acids is 3. The summed E-state index contributed by atoms with van der Waals surface area (Å²) >= 11 is 1.75. The van der Waals surface area contributed by atoms with Gasteiger partial charge < -0.3 is 5.32 Å². The molecular weight excluding hydrogens is 594 g/mol. The summed E-state index contributed by atoms with van der Waals surface area (Å²) in [6.07, 6.45) is -4.71. The van der Waals surface area contributed by atoms with Gasteiger partial charge in [0.15, 0.2) is 0 Å². The summed E-state index contributed by atoms with van der Waals surface area (Å²) in [5, 5.41) is 1.53. The van der Waals surface area contributed by atoms with Crippen LogP contribution in [-0.2, 0) is 27.1 Å². The number of fused-ring (bicyclic) bond motifs is 2. The number of halogens is 4. The van der Waals surface area contributed by atoms with Gasteiger partial charge in [0.1, 0.15) is 17.6 Å². The first kappa shape index (κ1) is 27.9. The third-order valence-corrected chi connectivity index (χ3v) is 9.70. The lowest BCUT2D eigenvalue weighted by molar-refractivity contribution is -0.137. The molecule has 1 N–H and O–H groups in total. The molecule has 1 aromatic heterocycles. The van der Waals surface area contributed by atoms with E-state index in [-0.39, 0.29) is 5.03 Å². The molecule has 42 heavy (non-hydrogen) atoms. The van der Waals surface area contributed by atoms with Gasteiger partial charge in [-0.15, -0.1) is 0 Å². The van der Waals surface area contributed by atoms with Gasteiger partial charge in [0.25, 0.3) is 0 Å². The van der Waals surface area contributed by atoms with E-state index in [4.69, 9.17) is 0 Å². The van der Waals surface area contributed by atoms with Crippen LogP contribution in [0.15, 0.2) is 88.7 Å². The number of hydrogen-bond donors (Lipinski definition) is 1. The normalized spacial score (nSPS) is 19.9. The number of para-hydroxylation sites is 2. The van der Waals surface area contributed by atoms with Crippen LogP contribution in [0.25, 0.3) is 0 Å². The number of rotatable bonds is 5. The van der Waals surface area contributed by atoms with Crippen LogP contribution >= 0.6 is 23.1 Å². The predicted octanol–water partition coefficient (Wildman–Crippen LogP) is 5.50. The van der Waals surface area contributed by atoms with Crippen molar-refractivity contribution in [3.63, 3.8) is 0 Å². The zero-order valence-electron chi connectivity index (χ0n) is 21.3. The lowest BCUT2D eigenvalue weighted by atomic mass is 9.83. The Bertz CT molecular complexity index is 1770. The molecule has 3 heterocycles. The largest absolute Gasteiger partial charge is 0.418 e. The summed E-state index contributed by atoms with van der Waals surface area (Å²) in [6, 6.07) is 18.2. The Morgan fingerprint density at radius 2 is 1.55 bits per heavy atom. The fourth-order valence-corrected chi connectivity index (χ4v) is 8.06. The molecule has 13 heteroatoms. The number of alkyl halides is 3. The Kier molecular flexibility index (Phi) is 7.01. The summed E-state index contributed by atoms with van der Waals surface area (Å²) in [5.74, 6) is -4.09. The third kappa shape index (κ3) is 4.81. The van der Waals surface area contributed by atoms with Crippen LogP contribution in [0.1, 0.15) is 21.9 Å². The summed E-state index contributed by atoms with van der Waals surface area (Å²) in [6.45, 7) is -0.623. The van der Waals surface area contributed by atoms with E-state index < -0.39 is 69.5 Å². The standard InChI is InChI=1S/C29H19F4N3O4S2/c30-16-12-10-15(11-13-16)21-22-23(26(39)36(25(22)38)17-6-2-1-3-7-17)41-27-24(21)42-28(40)35(27)14-20(37)34-19-9-5-4-8-18(19)29(31,32)33/h1-13,21-23H,14H2,(H,34,37)/t21-,22?,23?/m1/s1. The van der Waals surface area contributed by atoms with Crippen molar-refractivity contribution >= 4 is 52.2 Å². The second-order valence-electron chi connectivity index (χ2n) is 9.66. The smallest absolute Gasteiger partial charge is 0.324 e. The minimum atomic E-state index is -4.71. The first-order valence-electron chi connectivity index (χ1n) is 12.6. The number of nitrogens with one attached hydrogen (secondary N) is 1. The number of hydrogen-bond acceptors (Lipinski definition) is 6. The molecular formula is C29H19F4N3O4S2. The molecule has 0 spiro atoms. The van der Waals surface area contributed by atoms with Gasteiger partial charge in [-0.25, -0.2) is 9.29 Å². The van der Waals surface area contributed by atoms with Gasteiger partial charge in [0.05, 0.1) is 27.9 Å². The molecule has 1 saturated heterocycles. The number of nitrogens with zero attached hydrogens (tertiary/aromatic N) is 2. The van der Waals surface area contributed by atoms with Crippen LogP contribution in [0.4, 0.5) is 28.9 Å². The van der Waals surface area contributed by atoms with Crippen molar-refractivity contribution in [2.24, 2.45) is 5.92 Å². The quantitative estimate of drug-likeness (QED) is 0.237. The van der Waals surface area contributed by atoms with Crippen LogP contribution in [0.3, 0.4) is 0 Å². The van der Waals surface area contributed by atoms with E-state index in [0.29, 0.717) is 16.1 Å². The number of amides is 3. The van der Waals surface area contributed by atoms with E-state index >= 15 is 0 Å². The first-order valence-corrected chi connectivity index (χ1v) is 14.3. The molecule has 3 amide bonds. The van der Waals surface area contributed by atoms with Crippen LogP contribution < -0.4 is 15.1 Å². The van der Waals surface area contributed by atoms with E-state index in [2.05, 4.69) is 5.32 Å². The summed E-state index contributed by atoms with van der Waals surface area (Å²) in [4.78, 5) is 54.5. The fraction of sp³-hybridized carbons (Fsp3) is 0.172. The Labute approximate surface area is 243 Å². The number of imide groups is 1. The Morgan fingerprint density at radius 3 is 2.24 bits per heavy atom. The summed E-state index contributed by atoms with van der Waals surface area (Å²) in [7, 11) is 0. The number of thiazole rings is 1. The maximum Gasteiger partial charge on any atom is 0.418 e. The van der Waals surface area contributed by atoms with E-state index in [1.54, 1.807) is 30.3 Å². The second-order valence-corrected chi connectivity index (χ2v) is 11.8. The molecule has 7 nitrogen and oxygen atoms in total. The molecule has 1 fully saturated rings. The van der Waals surface area contributed by atoms with Crippen LogP contribution in [0.2, 0.25) is 0 Å². The minimum absolute atomic E-state index is 0.260. The van der Waals surface area contributed by atoms with Crippen molar-refractivity contribution in [2.45, 2.75) is 28.9 Å². The average molecular weight is 614 g/mol. The van der Waals surface area contributed by atoms with E-state index in [9.17, 15) is 36.7 Å². The van der Waals surface area contributed by atoms with E-state index in [1.807, 2.05) is 0 Å². The molecule has 0 saturated carbocycles. The highest BCUT2D eigenvalue weighted by Gasteiger charge is 2.56. The van der Waals surface area contributed by atoms with Gasteiger partial charge in [-0.2, -0.15) is 13.2 Å². The third-order valence-electron chi connectivity index (χ3n) is 7.10. The Hall–Kier alpha value is -4.23. The molecule has 3 aromatic carbocycles. The lowest BCUT2D eigenvalue weighted by Gasteiger charge is -2.30. The highest BCUT2D eigenvalue weighted by atomic mass is 32.2. The zero-order chi connectivity index (χ0) is 29.8. The number of thioether (sulfide) groups is 1. The van der Waals surface area contributed by atoms with Crippen molar-refractivity contribution in [3.05, 3.63) is 110 Å². The molecule has 6 rings (SSSR count).